The molecule has 0 saturated carbocycles. The van der Waals surface area contributed by atoms with E-state index < -0.39 is 22.1 Å². The average molecular weight is 306 g/mol. The van der Waals surface area contributed by atoms with Crippen molar-refractivity contribution in [2.75, 3.05) is 24.2 Å². The molecule has 19 heavy (non-hydrogen) atoms. The highest BCUT2D eigenvalue weighted by Gasteiger charge is 2.34. The van der Waals surface area contributed by atoms with Crippen LogP contribution in [0, 0.1) is 0 Å². The summed E-state index contributed by atoms with van der Waals surface area (Å²) in [7, 11) is -1.85. The van der Waals surface area contributed by atoms with Crippen LogP contribution >= 0.6 is 11.3 Å². The van der Waals surface area contributed by atoms with E-state index in [1.807, 2.05) is 0 Å². The summed E-state index contributed by atoms with van der Waals surface area (Å²) in [4.78, 5) is 14.4. The zero-order valence-electron chi connectivity index (χ0n) is 10.5. The lowest BCUT2D eigenvalue weighted by Crippen LogP contribution is -2.53. The van der Waals surface area contributed by atoms with Gasteiger partial charge in [-0.15, -0.1) is 10.2 Å². The first-order chi connectivity index (χ1) is 8.86. The van der Waals surface area contributed by atoms with Gasteiger partial charge in [-0.25, -0.2) is 18.1 Å². The van der Waals surface area contributed by atoms with Crippen molar-refractivity contribution in [2.45, 2.75) is 23.9 Å². The van der Waals surface area contributed by atoms with Crippen molar-refractivity contribution >= 4 is 32.3 Å². The Kier molecular flexibility index (Phi) is 3.74. The second kappa shape index (κ2) is 5.02. The number of carbonyl (C=O) groups excluding carboxylic acids is 1. The highest BCUT2D eigenvalue weighted by Crippen LogP contribution is 2.28. The Balaban J connectivity index is 2.34. The van der Waals surface area contributed by atoms with Crippen LogP contribution in [0.4, 0.5) is 9.93 Å². The van der Waals surface area contributed by atoms with Gasteiger partial charge in [0.2, 0.25) is 19.3 Å². The van der Waals surface area contributed by atoms with Crippen molar-refractivity contribution < 1.29 is 18.3 Å². The first kappa shape index (κ1) is 14.2. The summed E-state index contributed by atoms with van der Waals surface area (Å²) in [5.41, 5.74) is 0. The van der Waals surface area contributed by atoms with Crippen LogP contribution in [0.15, 0.2) is 4.34 Å². The number of hydrogen-bond acceptors (Lipinski definition) is 7. The number of sulfone groups is 1. The summed E-state index contributed by atoms with van der Waals surface area (Å²) in [5.74, 6) is -0.0853. The predicted octanol–water partition coefficient (Wildman–Crippen LogP) is -0.0880. The molecule has 2 heterocycles. The molecule has 2 amide bonds. The van der Waals surface area contributed by atoms with E-state index in [1.165, 1.54) is 11.8 Å². The van der Waals surface area contributed by atoms with Gasteiger partial charge in [-0.3, -0.25) is 0 Å². The Morgan fingerprint density at radius 3 is 2.79 bits per heavy atom. The molecular formula is C9H14N4O4S2. The van der Waals surface area contributed by atoms with Crippen molar-refractivity contribution in [3.05, 3.63) is 0 Å². The van der Waals surface area contributed by atoms with E-state index in [1.54, 1.807) is 7.05 Å². The SMILES string of the molecule is CCS(=O)(=O)c1nnc(N2C(=O)N(C)CCC2O)s1. The van der Waals surface area contributed by atoms with Gasteiger partial charge in [0, 0.05) is 20.0 Å². The number of aliphatic hydroxyl groups is 1. The number of anilines is 1. The minimum absolute atomic E-state index is 0.0853. The van der Waals surface area contributed by atoms with E-state index in [2.05, 4.69) is 10.2 Å². The smallest absolute Gasteiger partial charge is 0.328 e. The van der Waals surface area contributed by atoms with Gasteiger partial charge in [0.05, 0.1) is 5.75 Å². The molecule has 0 aliphatic carbocycles. The van der Waals surface area contributed by atoms with Gasteiger partial charge in [0.25, 0.3) is 0 Å². The fraction of sp³-hybridized carbons (Fsp3) is 0.667. The number of urea groups is 1. The summed E-state index contributed by atoms with van der Waals surface area (Å²) in [6, 6.07) is -0.421. The maximum atomic E-state index is 11.9. The summed E-state index contributed by atoms with van der Waals surface area (Å²) in [5, 5.41) is 17.2. The lowest BCUT2D eigenvalue weighted by atomic mass is 10.3. The summed E-state index contributed by atoms with van der Waals surface area (Å²) < 4.78 is 23.2. The van der Waals surface area contributed by atoms with Crippen LogP contribution in [-0.4, -0.2) is 60.2 Å². The van der Waals surface area contributed by atoms with E-state index in [4.69, 9.17) is 0 Å². The van der Waals surface area contributed by atoms with Crippen LogP contribution in [0.1, 0.15) is 13.3 Å². The minimum atomic E-state index is -3.45. The van der Waals surface area contributed by atoms with Crippen LogP contribution < -0.4 is 4.90 Å². The predicted molar refractivity (Wildman–Crippen MR) is 68.8 cm³/mol. The van der Waals surface area contributed by atoms with Gasteiger partial charge in [0.15, 0.2) is 0 Å². The zero-order chi connectivity index (χ0) is 14.2. The number of carbonyl (C=O) groups is 1. The summed E-state index contributed by atoms with van der Waals surface area (Å²) in [6.45, 7) is 1.94. The molecule has 10 heteroatoms. The van der Waals surface area contributed by atoms with Crippen molar-refractivity contribution in [3.8, 4) is 0 Å². The minimum Gasteiger partial charge on any atom is -0.373 e. The monoisotopic (exact) mass is 306 g/mol. The molecule has 0 spiro atoms. The summed E-state index contributed by atoms with van der Waals surface area (Å²) >= 11 is 0.789. The van der Waals surface area contributed by atoms with Crippen molar-refractivity contribution in [1.82, 2.24) is 15.1 Å². The molecule has 1 aromatic heterocycles. The average Bonchev–Trinajstić information content (AvgIpc) is 2.84. The van der Waals surface area contributed by atoms with Gasteiger partial charge in [-0.1, -0.05) is 18.3 Å². The van der Waals surface area contributed by atoms with Crippen LogP contribution in [-0.2, 0) is 9.84 Å². The van der Waals surface area contributed by atoms with Crippen molar-refractivity contribution in [2.24, 2.45) is 0 Å². The number of hydrogen-bond donors (Lipinski definition) is 1. The maximum Gasteiger partial charge on any atom is 0.328 e. The van der Waals surface area contributed by atoms with Gasteiger partial charge in [-0.05, 0) is 0 Å². The number of rotatable bonds is 3. The Labute approximate surface area is 114 Å². The van der Waals surface area contributed by atoms with Gasteiger partial charge in [0.1, 0.15) is 6.23 Å². The molecule has 1 aliphatic heterocycles. The van der Waals surface area contributed by atoms with Crippen molar-refractivity contribution in [3.63, 3.8) is 0 Å². The van der Waals surface area contributed by atoms with Gasteiger partial charge < -0.3 is 10.0 Å². The first-order valence-corrected chi connectivity index (χ1v) is 8.12. The van der Waals surface area contributed by atoms with E-state index in [9.17, 15) is 18.3 Å². The molecule has 0 radical (unpaired) electrons. The third kappa shape index (κ3) is 2.55. The van der Waals surface area contributed by atoms with Crippen LogP contribution in [0.3, 0.4) is 0 Å². The highest BCUT2D eigenvalue weighted by molar-refractivity contribution is 7.93. The first-order valence-electron chi connectivity index (χ1n) is 5.65. The molecule has 2 rings (SSSR count). The molecule has 1 saturated heterocycles. The maximum absolute atomic E-state index is 11.9. The van der Waals surface area contributed by atoms with Crippen LogP contribution in [0.5, 0.6) is 0 Å². The molecule has 1 aliphatic rings. The largest absolute Gasteiger partial charge is 0.373 e. The highest BCUT2D eigenvalue weighted by atomic mass is 32.2. The Hall–Kier alpha value is -1.26. The lowest BCUT2D eigenvalue weighted by Gasteiger charge is -2.35. The lowest BCUT2D eigenvalue weighted by molar-refractivity contribution is 0.116. The van der Waals surface area contributed by atoms with Crippen molar-refractivity contribution in [1.29, 1.82) is 0 Å². The van der Waals surface area contributed by atoms with E-state index in [0.29, 0.717) is 13.0 Å². The fourth-order valence-electron chi connectivity index (χ4n) is 1.60. The number of aromatic nitrogens is 2. The second-order valence-electron chi connectivity index (χ2n) is 4.10. The fourth-order valence-corrected chi connectivity index (χ4v) is 3.72. The normalized spacial score (nSPS) is 21.0. The van der Waals surface area contributed by atoms with Crippen LogP contribution in [0.2, 0.25) is 0 Å². The molecule has 1 unspecified atom stereocenters. The molecule has 0 bridgehead atoms. The Bertz CT molecular complexity index is 585. The zero-order valence-corrected chi connectivity index (χ0v) is 12.1. The van der Waals surface area contributed by atoms with Gasteiger partial charge >= 0.3 is 6.03 Å². The quantitative estimate of drug-likeness (QED) is 0.783. The number of amides is 2. The third-order valence-electron chi connectivity index (χ3n) is 2.80. The topological polar surface area (TPSA) is 104 Å². The van der Waals surface area contributed by atoms with Crippen LogP contribution in [0.25, 0.3) is 0 Å². The molecule has 1 aromatic rings. The Morgan fingerprint density at radius 2 is 2.16 bits per heavy atom. The number of nitrogens with zero attached hydrogens (tertiary/aromatic N) is 4. The van der Waals surface area contributed by atoms with E-state index in [0.717, 1.165) is 16.2 Å². The standard InChI is InChI=1S/C9H14N4O4S2/c1-3-19(16,17)8-11-10-7(18-8)13-6(14)4-5-12(2)9(13)15/h6,14H,3-5H2,1-2H3. The second-order valence-corrected chi connectivity index (χ2v) is 7.51. The molecule has 1 atom stereocenters. The molecule has 8 nitrogen and oxygen atoms in total. The Morgan fingerprint density at radius 1 is 1.47 bits per heavy atom. The number of aliphatic hydroxyl groups excluding tert-OH is 1. The molecule has 1 fully saturated rings. The molecule has 0 aromatic carbocycles. The third-order valence-corrected chi connectivity index (χ3v) is 5.90. The van der Waals surface area contributed by atoms with Gasteiger partial charge in [-0.2, -0.15) is 0 Å². The van der Waals surface area contributed by atoms with E-state index in [-0.39, 0.29) is 15.2 Å². The molecule has 106 valence electrons. The van der Waals surface area contributed by atoms with E-state index >= 15 is 0 Å². The molecule has 1 N–H and O–H groups in total. The summed E-state index contributed by atoms with van der Waals surface area (Å²) in [6.07, 6.45) is -0.633. The molecular weight excluding hydrogens is 292 g/mol.